The molecule has 1 unspecified atom stereocenters. The van der Waals surface area contributed by atoms with Gasteiger partial charge in [-0.15, -0.1) is 0 Å². The SMILES string of the molecule is CN(C(=O)C1CCC(F)(F)C1)[C@H]1CNC[C@@H]1O. The molecule has 2 rings (SSSR count). The molecule has 1 heterocycles. The summed E-state index contributed by atoms with van der Waals surface area (Å²) < 4.78 is 26.1. The summed E-state index contributed by atoms with van der Waals surface area (Å²) in [7, 11) is 1.58. The molecule has 1 saturated heterocycles. The van der Waals surface area contributed by atoms with E-state index in [9.17, 15) is 18.7 Å². The second-order valence-corrected chi connectivity index (χ2v) is 5.04. The zero-order valence-electron chi connectivity index (χ0n) is 9.83. The van der Waals surface area contributed by atoms with Crippen LogP contribution in [0.25, 0.3) is 0 Å². The van der Waals surface area contributed by atoms with Crippen molar-refractivity contribution in [3.05, 3.63) is 0 Å². The lowest BCUT2D eigenvalue weighted by molar-refractivity contribution is -0.138. The summed E-state index contributed by atoms with van der Waals surface area (Å²) >= 11 is 0. The van der Waals surface area contributed by atoms with Crippen LogP contribution in [0.5, 0.6) is 0 Å². The standard InChI is InChI=1S/C11H18F2N2O2/c1-15(8-5-14-6-9(8)16)10(17)7-2-3-11(12,13)4-7/h7-9,14,16H,2-6H2,1H3/t7?,8-,9-/m0/s1. The van der Waals surface area contributed by atoms with E-state index in [1.807, 2.05) is 0 Å². The predicted octanol–water partition coefficient (Wildman–Crippen LogP) is 0.213. The van der Waals surface area contributed by atoms with Crippen LogP contribution in [0.3, 0.4) is 0 Å². The molecule has 0 aromatic rings. The van der Waals surface area contributed by atoms with Gasteiger partial charge in [0.15, 0.2) is 0 Å². The fourth-order valence-electron chi connectivity index (χ4n) is 2.66. The molecule has 0 spiro atoms. The van der Waals surface area contributed by atoms with E-state index in [1.54, 1.807) is 7.05 Å². The Kier molecular flexibility index (Phi) is 3.36. The first kappa shape index (κ1) is 12.7. The smallest absolute Gasteiger partial charge is 0.248 e. The van der Waals surface area contributed by atoms with Crippen molar-refractivity contribution >= 4 is 5.91 Å². The van der Waals surface area contributed by atoms with E-state index in [0.29, 0.717) is 13.1 Å². The van der Waals surface area contributed by atoms with Gasteiger partial charge in [0.1, 0.15) is 0 Å². The van der Waals surface area contributed by atoms with Gasteiger partial charge in [0.2, 0.25) is 11.8 Å². The summed E-state index contributed by atoms with van der Waals surface area (Å²) in [5, 5.41) is 12.6. The number of alkyl halides is 2. The number of β-amino-alcohol motifs (C(OH)–C–C–N with tert-alkyl or cyclic N) is 1. The van der Waals surface area contributed by atoms with Crippen molar-refractivity contribution < 1.29 is 18.7 Å². The molecule has 1 aliphatic heterocycles. The fourth-order valence-corrected chi connectivity index (χ4v) is 2.66. The lowest BCUT2D eigenvalue weighted by Crippen LogP contribution is -2.46. The van der Waals surface area contributed by atoms with Crippen molar-refractivity contribution in [2.45, 2.75) is 37.3 Å². The van der Waals surface area contributed by atoms with E-state index in [0.717, 1.165) is 0 Å². The number of nitrogens with zero attached hydrogens (tertiary/aromatic N) is 1. The van der Waals surface area contributed by atoms with Crippen LogP contribution in [-0.2, 0) is 4.79 Å². The van der Waals surface area contributed by atoms with Crippen molar-refractivity contribution in [3.63, 3.8) is 0 Å². The molecule has 3 atom stereocenters. The molecule has 98 valence electrons. The third-order valence-electron chi connectivity index (χ3n) is 3.75. The Morgan fingerprint density at radius 1 is 1.47 bits per heavy atom. The third-order valence-corrected chi connectivity index (χ3v) is 3.75. The van der Waals surface area contributed by atoms with Crippen LogP contribution in [0.4, 0.5) is 8.78 Å². The van der Waals surface area contributed by atoms with Crippen molar-refractivity contribution in [2.75, 3.05) is 20.1 Å². The van der Waals surface area contributed by atoms with E-state index < -0.39 is 17.9 Å². The molecule has 0 aromatic carbocycles. The Hall–Kier alpha value is -0.750. The fraction of sp³-hybridized carbons (Fsp3) is 0.909. The van der Waals surface area contributed by atoms with E-state index in [1.165, 1.54) is 4.90 Å². The number of halogens is 2. The Bertz CT molecular complexity index is 312. The minimum absolute atomic E-state index is 0.206. The molecule has 4 nitrogen and oxygen atoms in total. The molecule has 0 bridgehead atoms. The largest absolute Gasteiger partial charge is 0.390 e. The van der Waals surface area contributed by atoms with Crippen LogP contribution in [0.15, 0.2) is 0 Å². The van der Waals surface area contributed by atoms with Gasteiger partial charge < -0.3 is 15.3 Å². The molecule has 1 amide bonds. The quantitative estimate of drug-likeness (QED) is 0.734. The van der Waals surface area contributed by atoms with Gasteiger partial charge in [-0.05, 0) is 6.42 Å². The molecular weight excluding hydrogens is 230 g/mol. The average Bonchev–Trinajstić information content (AvgIpc) is 2.82. The number of hydrogen-bond acceptors (Lipinski definition) is 3. The average molecular weight is 248 g/mol. The normalized spacial score (nSPS) is 36.1. The second kappa shape index (κ2) is 4.49. The van der Waals surface area contributed by atoms with Crippen molar-refractivity contribution in [1.29, 1.82) is 0 Å². The summed E-state index contributed by atoms with van der Waals surface area (Å²) in [4.78, 5) is 13.4. The van der Waals surface area contributed by atoms with E-state index in [2.05, 4.69) is 5.32 Å². The molecule has 2 N–H and O–H groups in total. The van der Waals surface area contributed by atoms with Crippen molar-refractivity contribution in [2.24, 2.45) is 5.92 Å². The predicted molar refractivity (Wildman–Crippen MR) is 57.7 cm³/mol. The Morgan fingerprint density at radius 2 is 2.18 bits per heavy atom. The molecule has 2 fully saturated rings. The van der Waals surface area contributed by atoms with E-state index in [-0.39, 0.29) is 31.2 Å². The first-order valence-corrected chi connectivity index (χ1v) is 5.94. The molecular formula is C11H18F2N2O2. The highest BCUT2D eigenvalue weighted by Gasteiger charge is 2.44. The summed E-state index contributed by atoms with van der Waals surface area (Å²) in [5.74, 6) is -3.56. The zero-order chi connectivity index (χ0) is 12.6. The number of rotatable bonds is 2. The van der Waals surface area contributed by atoms with Crippen LogP contribution in [0.1, 0.15) is 19.3 Å². The molecule has 1 aliphatic carbocycles. The number of nitrogens with one attached hydrogen (secondary N) is 1. The summed E-state index contributed by atoms with van der Waals surface area (Å²) in [6, 6.07) is -0.295. The summed E-state index contributed by atoms with van der Waals surface area (Å²) in [5.41, 5.74) is 0. The number of hydrogen-bond donors (Lipinski definition) is 2. The Morgan fingerprint density at radius 3 is 2.65 bits per heavy atom. The van der Waals surface area contributed by atoms with Crippen molar-refractivity contribution in [1.82, 2.24) is 10.2 Å². The lowest BCUT2D eigenvalue weighted by Gasteiger charge is -2.28. The van der Waals surface area contributed by atoms with E-state index in [4.69, 9.17) is 0 Å². The maximum Gasteiger partial charge on any atom is 0.248 e. The molecule has 0 radical (unpaired) electrons. The maximum atomic E-state index is 13.0. The number of carbonyl (C=O) groups is 1. The second-order valence-electron chi connectivity index (χ2n) is 5.04. The molecule has 2 aliphatic rings. The van der Waals surface area contributed by atoms with Gasteiger partial charge in [0, 0.05) is 38.9 Å². The Balaban J connectivity index is 1.96. The number of carbonyl (C=O) groups excluding carboxylic acids is 1. The lowest BCUT2D eigenvalue weighted by atomic mass is 10.0. The minimum Gasteiger partial charge on any atom is -0.390 e. The molecule has 0 aromatic heterocycles. The van der Waals surface area contributed by atoms with Crippen LogP contribution in [0, 0.1) is 5.92 Å². The summed E-state index contributed by atoms with van der Waals surface area (Å²) in [6.07, 6.45) is -0.924. The van der Waals surface area contributed by atoms with Crippen LogP contribution < -0.4 is 5.32 Å². The van der Waals surface area contributed by atoms with Crippen molar-refractivity contribution in [3.8, 4) is 0 Å². The van der Waals surface area contributed by atoms with Gasteiger partial charge in [-0.25, -0.2) is 8.78 Å². The van der Waals surface area contributed by atoms with Crippen LogP contribution >= 0.6 is 0 Å². The Labute approximate surface area is 99.0 Å². The van der Waals surface area contributed by atoms with E-state index >= 15 is 0 Å². The third kappa shape index (κ3) is 2.57. The highest BCUT2D eigenvalue weighted by Crippen LogP contribution is 2.39. The summed E-state index contributed by atoms with van der Waals surface area (Å²) in [6.45, 7) is 0.968. The number of likely N-dealkylation sites (N-methyl/N-ethyl adjacent to an activating group) is 1. The molecule has 1 saturated carbocycles. The molecule has 6 heteroatoms. The van der Waals surface area contributed by atoms with Gasteiger partial charge in [-0.3, -0.25) is 4.79 Å². The minimum atomic E-state index is -2.70. The van der Waals surface area contributed by atoms with Gasteiger partial charge in [-0.1, -0.05) is 0 Å². The topological polar surface area (TPSA) is 52.6 Å². The van der Waals surface area contributed by atoms with Gasteiger partial charge in [0.05, 0.1) is 12.1 Å². The number of aliphatic hydroxyl groups is 1. The molecule has 17 heavy (non-hydrogen) atoms. The first-order valence-electron chi connectivity index (χ1n) is 5.94. The van der Waals surface area contributed by atoms with Crippen LogP contribution in [0.2, 0.25) is 0 Å². The monoisotopic (exact) mass is 248 g/mol. The van der Waals surface area contributed by atoms with Gasteiger partial charge >= 0.3 is 0 Å². The van der Waals surface area contributed by atoms with Gasteiger partial charge in [-0.2, -0.15) is 0 Å². The highest BCUT2D eigenvalue weighted by atomic mass is 19.3. The number of amides is 1. The maximum absolute atomic E-state index is 13.0. The zero-order valence-corrected chi connectivity index (χ0v) is 9.83. The highest BCUT2D eigenvalue weighted by molar-refractivity contribution is 5.79. The van der Waals surface area contributed by atoms with Gasteiger partial charge in [0.25, 0.3) is 0 Å². The number of aliphatic hydroxyl groups excluding tert-OH is 1. The van der Waals surface area contributed by atoms with Crippen LogP contribution in [-0.4, -0.2) is 54.1 Å². The first-order chi connectivity index (χ1) is 7.91.